The lowest BCUT2D eigenvalue weighted by Crippen LogP contribution is -2.29. The first-order chi connectivity index (χ1) is 6.24. The number of likely N-dealkylation sites (tertiary alicyclic amines) is 1. The van der Waals surface area contributed by atoms with E-state index in [4.69, 9.17) is 4.74 Å². The Kier molecular flexibility index (Phi) is 7.19. The van der Waals surface area contributed by atoms with Crippen molar-refractivity contribution in [3.05, 3.63) is 0 Å². The maximum atomic E-state index is 12.8. The molecule has 13 heavy (non-hydrogen) atoms. The second kappa shape index (κ2) is 7.27. The Balaban J connectivity index is 0.000000671. The largest absolute Gasteiger partial charge is 0.380 e. The van der Waals surface area contributed by atoms with Crippen molar-refractivity contribution in [1.29, 1.82) is 0 Å². The first kappa shape index (κ1) is 12.8. The Bertz CT molecular complexity index is 121. The molecule has 2 nitrogen and oxygen atoms in total. The van der Waals surface area contributed by atoms with Crippen LogP contribution < -0.4 is 0 Å². The molecule has 0 aliphatic carbocycles. The van der Waals surface area contributed by atoms with Crippen molar-refractivity contribution in [2.24, 2.45) is 0 Å². The van der Waals surface area contributed by atoms with Gasteiger partial charge in [-0.25, -0.2) is 4.39 Å². The van der Waals surface area contributed by atoms with E-state index in [9.17, 15) is 4.39 Å². The average Bonchev–Trinajstić information content (AvgIpc) is 2.45. The van der Waals surface area contributed by atoms with Gasteiger partial charge in [-0.1, -0.05) is 13.8 Å². The average molecular weight is 191 g/mol. The first-order valence-electron chi connectivity index (χ1n) is 5.16. The molecular formula is C10H22FNO. The quantitative estimate of drug-likeness (QED) is 0.677. The van der Waals surface area contributed by atoms with E-state index >= 15 is 0 Å². The standard InChI is InChI=1S/C8H16FNO.C2H6/c1-3-11-6-8-4-7(9)5-10(8)2;1-2/h7-8H,3-6H2,1-2H3;1-2H3. The molecule has 1 rings (SSSR count). The molecule has 0 aromatic heterocycles. The zero-order chi connectivity index (χ0) is 10.3. The van der Waals surface area contributed by atoms with Crippen molar-refractivity contribution in [3.63, 3.8) is 0 Å². The predicted molar refractivity (Wildman–Crippen MR) is 53.8 cm³/mol. The number of alkyl halides is 1. The smallest absolute Gasteiger partial charge is 0.114 e. The molecule has 0 radical (unpaired) electrons. The van der Waals surface area contributed by atoms with Crippen molar-refractivity contribution in [3.8, 4) is 0 Å². The van der Waals surface area contributed by atoms with Crippen LogP contribution in [0.2, 0.25) is 0 Å². The number of halogens is 1. The molecule has 1 aliphatic rings. The number of ether oxygens (including phenoxy) is 1. The van der Waals surface area contributed by atoms with E-state index in [-0.39, 0.29) is 0 Å². The second-order valence-electron chi connectivity index (χ2n) is 3.09. The van der Waals surface area contributed by atoms with Gasteiger partial charge in [-0.15, -0.1) is 0 Å². The summed E-state index contributed by atoms with van der Waals surface area (Å²) in [6.07, 6.45) is -0.0123. The summed E-state index contributed by atoms with van der Waals surface area (Å²) in [6, 6.07) is 0.296. The minimum Gasteiger partial charge on any atom is -0.380 e. The normalized spacial score (nSPS) is 28.4. The Morgan fingerprint density at radius 1 is 1.46 bits per heavy atom. The van der Waals surface area contributed by atoms with Crippen LogP contribution in [0.3, 0.4) is 0 Å². The van der Waals surface area contributed by atoms with Crippen molar-refractivity contribution in [2.75, 3.05) is 26.8 Å². The fourth-order valence-electron chi connectivity index (χ4n) is 1.46. The van der Waals surface area contributed by atoms with Crippen LogP contribution in [0.1, 0.15) is 27.2 Å². The van der Waals surface area contributed by atoms with E-state index in [0.29, 0.717) is 25.6 Å². The first-order valence-corrected chi connectivity index (χ1v) is 5.16. The summed E-state index contributed by atoms with van der Waals surface area (Å²) < 4.78 is 18.0. The van der Waals surface area contributed by atoms with Gasteiger partial charge in [-0.3, -0.25) is 4.90 Å². The number of likely N-dealkylation sites (N-methyl/N-ethyl adjacent to an activating group) is 1. The number of hydrogen-bond donors (Lipinski definition) is 0. The molecule has 1 fully saturated rings. The van der Waals surface area contributed by atoms with E-state index in [1.54, 1.807) is 0 Å². The highest BCUT2D eigenvalue weighted by Crippen LogP contribution is 2.18. The van der Waals surface area contributed by atoms with Crippen LogP contribution in [0, 0.1) is 0 Å². The van der Waals surface area contributed by atoms with Crippen LogP contribution >= 0.6 is 0 Å². The molecule has 0 aromatic rings. The summed E-state index contributed by atoms with van der Waals surface area (Å²) in [6.45, 7) is 7.92. The summed E-state index contributed by atoms with van der Waals surface area (Å²) in [5, 5.41) is 0. The van der Waals surface area contributed by atoms with Gasteiger partial charge in [0.1, 0.15) is 6.17 Å². The molecule has 1 saturated heterocycles. The molecule has 1 aliphatic heterocycles. The van der Waals surface area contributed by atoms with E-state index in [0.717, 1.165) is 6.61 Å². The Labute approximate surface area is 81.1 Å². The summed E-state index contributed by atoms with van der Waals surface area (Å²) in [7, 11) is 1.95. The molecule has 1 heterocycles. The van der Waals surface area contributed by atoms with Gasteiger partial charge in [0.2, 0.25) is 0 Å². The monoisotopic (exact) mass is 191 g/mol. The third-order valence-electron chi connectivity index (χ3n) is 2.15. The van der Waals surface area contributed by atoms with Crippen molar-refractivity contribution < 1.29 is 9.13 Å². The minimum absolute atomic E-state index is 0.296. The van der Waals surface area contributed by atoms with Crippen LogP contribution in [0.5, 0.6) is 0 Å². The van der Waals surface area contributed by atoms with Crippen LogP contribution in [-0.2, 0) is 4.74 Å². The fraction of sp³-hybridized carbons (Fsp3) is 1.00. The zero-order valence-electron chi connectivity index (χ0n) is 9.22. The van der Waals surface area contributed by atoms with E-state index in [2.05, 4.69) is 0 Å². The topological polar surface area (TPSA) is 12.5 Å². The Hall–Kier alpha value is -0.150. The summed E-state index contributed by atoms with van der Waals surface area (Å²) in [5.41, 5.74) is 0. The summed E-state index contributed by atoms with van der Waals surface area (Å²) in [4.78, 5) is 2.03. The van der Waals surface area contributed by atoms with Gasteiger partial charge in [0.05, 0.1) is 6.61 Å². The minimum atomic E-state index is -0.648. The molecule has 0 amide bonds. The van der Waals surface area contributed by atoms with Gasteiger partial charge in [0.15, 0.2) is 0 Å². The van der Waals surface area contributed by atoms with Gasteiger partial charge in [0.25, 0.3) is 0 Å². The summed E-state index contributed by atoms with van der Waals surface area (Å²) in [5.74, 6) is 0. The maximum Gasteiger partial charge on any atom is 0.114 e. The van der Waals surface area contributed by atoms with E-state index in [1.165, 1.54) is 0 Å². The third-order valence-corrected chi connectivity index (χ3v) is 2.15. The highest BCUT2D eigenvalue weighted by Gasteiger charge is 2.28. The third kappa shape index (κ3) is 4.58. The molecule has 3 heteroatoms. The lowest BCUT2D eigenvalue weighted by Gasteiger charge is -2.17. The molecule has 2 unspecified atom stereocenters. The van der Waals surface area contributed by atoms with Crippen molar-refractivity contribution in [1.82, 2.24) is 4.90 Å². The highest BCUT2D eigenvalue weighted by atomic mass is 19.1. The van der Waals surface area contributed by atoms with Crippen molar-refractivity contribution in [2.45, 2.75) is 39.4 Å². The molecule has 0 N–H and O–H groups in total. The number of nitrogens with zero attached hydrogens (tertiary/aromatic N) is 1. The molecule has 0 saturated carbocycles. The highest BCUT2D eigenvalue weighted by molar-refractivity contribution is 4.82. The van der Waals surface area contributed by atoms with Gasteiger partial charge in [-0.05, 0) is 20.4 Å². The SMILES string of the molecule is CC.CCOCC1CC(F)CN1C. The van der Waals surface area contributed by atoms with E-state index in [1.807, 2.05) is 32.7 Å². The van der Waals surface area contributed by atoms with Gasteiger partial charge < -0.3 is 4.74 Å². The second-order valence-corrected chi connectivity index (χ2v) is 3.09. The molecule has 0 spiro atoms. The van der Waals surface area contributed by atoms with Gasteiger partial charge in [0, 0.05) is 19.2 Å². The van der Waals surface area contributed by atoms with Crippen LogP contribution in [0.4, 0.5) is 4.39 Å². The van der Waals surface area contributed by atoms with E-state index < -0.39 is 6.17 Å². The van der Waals surface area contributed by atoms with Crippen molar-refractivity contribution >= 4 is 0 Å². The molecule has 0 bridgehead atoms. The Morgan fingerprint density at radius 3 is 2.46 bits per heavy atom. The van der Waals surface area contributed by atoms with Gasteiger partial charge >= 0.3 is 0 Å². The van der Waals surface area contributed by atoms with Crippen LogP contribution in [-0.4, -0.2) is 43.9 Å². The van der Waals surface area contributed by atoms with Gasteiger partial charge in [-0.2, -0.15) is 0 Å². The van der Waals surface area contributed by atoms with Crippen LogP contribution in [0.15, 0.2) is 0 Å². The summed E-state index contributed by atoms with van der Waals surface area (Å²) >= 11 is 0. The van der Waals surface area contributed by atoms with Crippen LogP contribution in [0.25, 0.3) is 0 Å². The lowest BCUT2D eigenvalue weighted by molar-refractivity contribution is 0.0949. The lowest BCUT2D eigenvalue weighted by atomic mass is 10.2. The maximum absolute atomic E-state index is 12.8. The number of rotatable bonds is 3. The fourth-order valence-corrected chi connectivity index (χ4v) is 1.46. The zero-order valence-corrected chi connectivity index (χ0v) is 9.22. The predicted octanol–water partition coefficient (Wildman–Crippen LogP) is 2.09. The molecule has 2 atom stereocenters. The molecular weight excluding hydrogens is 169 g/mol. The Morgan fingerprint density at radius 2 is 2.08 bits per heavy atom. The molecule has 80 valence electrons. The molecule has 0 aromatic carbocycles. The number of hydrogen-bond acceptors (Lipinski definition) is 2.